The SMILES string of the molecule is C[C@@H]1NCCSC1(C)C. The fraction of sp³-hybridized carbons (Fsp3) is 1.00. The van der Waals surface area contributed by atoms with Crippen molar-refractivity contribution in [2.45, 2.75) is 31.6 Å². The maximum Gasteiger partial charge on any atom is 0.0254 e. The van der Waals surface area contributed by atoms with E-state index in [-0.39, 0.29) is 0 Å². The molecule has 0 aromatic carbocycles. The van der Waals surface area contributed by atoms with Gasteiger partial charge in [0.15, 0.2) is 0 Å². The molecule has 54 valence electrons. The average molecular weight is 145 g/mol. The van der Waals surface area contributed by atoms with Crippen molar-refractivity contribution in [1.29, 1.82) is 0 Å². The second-order valence-corrected chi connectivity index (χ2v) is 4.88. The van der Waals surface area contributed by atoms with Gasteiger partial charge in [0.05, 0.1) is 0 Å². The van der Waals surface area contributed by atoms with E-state index in [1.165, 1.54) is 12.3 Å². The zero-order valence-corrected chi connectivity index (χ0v) is 7.22. The van der Waals surface area contributed by atoms with Crippen molar-refractivity contribution in [3.8, 4) is 0 Å². The van der Waals surface area contributed by atoms with Gasteiger partial charge in [-0.2, -0.15) is 11.8 Å². The second-order valence-electron chi connectivity index (χ2n) is 3.13. The first-order valence-electron chi connectivity index (χ1n) is 3.50. The Kier molecular flexibility index (Phi) is 2.07. The van der Waals surface area contributed by atoms with Gasteiger partial charge in [0.25, 0.3) is 0 Å². The minimum atomic E-state index is 0.443. The van der Waals surface area contributed by atoms with Gasteiger partial charge in [-0.05, 0) is 20.8 Å². The first-order chi connectivity index (χ1) is 4.13. The summed E-state index contributed by atoms with van der Waals surface area (Å²) in [5.74, 6) is 1.26. The molecule has 0 aromatic rings. The molecule has 1 fully saturated rings. The van der Waals surface area contributed by atoms with E-state index in [0.29, 0.717) is 10.8 Å². The van der Waals surface area contributed by atoms with Gasteiger partial charge in [-0.1, -0.05) is 0 Å². The second kappa shape index (κ2) is 2.51. The fourth-order valence-corrected chi connectivity index (χ4v) is 2.04. The summed E-state index contributed by atoms with van der Waals surface area (Å²) in [6, 6.07) is 0.663. The molecule has 0 spiro atoms. The van der Waals surface area contributed by atoms with Crippen LogP contribution in [-0.2, 0) is 0 Å². The number of thioether (sulfide) groups is 1. The Morgan fingerprint density at radius 1 is 1.56 bits per heavy atom. The van der Waals surface area contributed by atoms with Gasteiger partial charge in [0.2, 0.25) is 0 Å². The first kappa shape index (κ1) is 7.42. The lowest BCUT2D eigenvalue weighted by molar-refractivity contribution is 0.459. The molecule has 9 heavy (non-hydrogen) atoms. The highest BCUT2D eigenvalue weighted by molar-refractivity contribution is 8.00. The lowest BCUT2D eigenvalue weighted by Gasteiger charge is -2.36. The van der Waals surface area contributed by atoms with Crippen LogP contribution in [0.2, 0.25) is 0 Å². The standard InChI is InChI=1S/C7H15NS/c1-6-7(2,3)9-5-4-8-6/h6,8H,4-5H2,1-3H3/t6-/m0/s1. The molecule has 1 aliphatic rings. The smallest absolute Gasteiger partial charge is 0.0254 e. The Bertz CT molecular complexity index is 101. The van der Waals surface area contributed by atoms with Gasteiger partial charge >= 0.3 is 0 Å². The predicted octanol–water partition coefficient (Wildman–Crippen LogP) is 1.49. The third-order valence-corrected chi connectivity index (χ3v) is 3.58. The van der Waals surface area contributed by atoms with Crippen molar-refractivity contribution in [3.63, 3.8) is 0 Å². The molecule has 1 atom stereocenters. The summed E-state index contributed by atoms with van der Waals surface area (Å²) in [7, 11) is 0. The average Bonchev–Trinajstić information content (AvgIpc) is 1.77. The van der Waals surface area contributed by atoms with Crippen molar-refractivity contribution in [2.75, 3.05) is 12.3 Å². The van der Waals surface area contributed by atoms with Gasteiger partial charge in [-0.25, -0.2) is 0 Å². The van der Waals surface area contributed by atoms with E-state index in [9.17, 15) is 0 Å². The van der Waals surface area contributed by atoms with Crippen molar-refractivity contribution < 1.29 is 0 Å². The summed E-state index contributed by atoms with van der Waals surface area (Å²) in [5.41, 5.74) is 0. The molecule has 1 heterocycles. The molecule has 1 nitrogen and oxygen atoms in total. The minimum Gasteiger partial charge on any atom is -0.312 e. The number of hydrogen-bond acceptors (Lipinski definition) is 2. The van der Waals surface area contributed by atoms with Crippen LogP contribution in [0, 0.1) is 0 Å². The molecule has 1 N–H and O–H groups in total. The molecule has 0 aromatic heterocycles. The topological polar surface area (TPSA) is 12.0 Å². The Labute approximate surface area is 61.6 Å². The van der Waals surface area contributed by atoms with Crippen LogP contribution in [-0.4, -0.2) is 23.1 Å². The third kappa shape index (κ3) is 1.62. The normalized spacial score (nSPS) is 34.3. The molecule has 0 bridgehead atoms. The highest BCUT2D eigenvalue weighted by Crippen LogP contribution is 2.30. The van der Waals surface area contributed by atoms with Crippen LogP contribution in [0.25, 0.3) is 0 Å². The van der Waals surface area contributed by atoms with E-state index in [0.717, 1.165) is 0 Å². The van der Waals surface area contributed by atoms with Crippen molar-refractivity contribution >= 4 is 11.8 Å². The molecule has 0 radical (unpaired) electrons. The zero-order valence-electron chi connectivity index (χ0n) is 6.40. The van der Waals surface area contributed by atoms with Gasteiger partial charge < -0.3 is 5.32 Å². The van der Waals surface area contributed by atoms with Crippen molar-refractivity contribution in [2.24, 2.45) is 0 Å². The predicted molar refractivity (Wildman–Crippen MR) is 44.0 cm³/mol. The van der Waals surface area contributed by atoms with E-state index >= 15 is 0 Å². The van der Waals surface area contributed by atoms with Crippen LogP contribution in [0.5, 0.6) is 0 Å². The quantitative estimate of drug-likeness (QED) is 0.554. The highest BCUT2D eigenvalue weighted by Gasteiger charge is 2.28. The molecule has 1 aliphatic heterocycles. The molecular weight excluding hydrogens is 130 g/mol. The molecule has 1 rings (SSSR count). The molecule has 2 heteroatoms. The lowest BCUT2D eigenvalue weighted by Crippen LogP contribution is -2.47. The highest BCUT2D eigenvalue weighted by atomic mass is 32.2. The molecular formula is C7H15NS. The first-order valence-corrected chi connectivity index (χ1v) is 4.49. The molecule has 0 saturated carbocycles. The molecule has 1 saturated heterocycles. The third-order valence-electron chi connectivity index (χ3n) is 2.07. The van der Waals surface area contributed by atoms with Crippen LogP contribution in [0.3, 0.4) is 0 Å². The summed E-state index contributed by atoms with van der Waals surface area (Å²) < 4.78 is 0.443. The summed E-state index contributed by atoms with van der Waals surface area (Å²) in [4.78, 5) is 0. The molecule has 0 aliphatic carbocycles. The van der Waals surface area contributed by atoms with Crippen LogP contribution < -0.4 is 5.32 Å². The number of nitrogens with one attached hydrogen (secondary N) is 1. The fourth-order valence-electron chi connectivity index (χ4n) is 0.960. The largest absolute Gasteiger partial charge is 0.312 e. The van der Waals surface area contributed by atoms with E-state index in [2.05, 4.69) is 37.8 Å². The number of hydrogen-bond donors (Lipinski definition) is 1. The Morgan fingerprint density at radius 2 is 2.22 bits per heavy atom. The molecule has 0 unspecified atom stereocenters. The van der Waals surface area contributed by atoms with Crippen LogP contribution >= 0.6 is 11.8 Å². The van der Waals surface area contributed by atoms with E-state index < -0.39 is 0 Å². The van der Waals surface area contributed by atoms with E-state index in [4.69, 9.17) is 0 Å². The van der Waals surface area contributed by atoms with Crippen LogP contribution in [0.1, 0.15) is 20.8 Å². The summed E-state index contributed by atoms with van der Waals surface area (Å²) in [6.45, 7) is 8.03. The van der Waals surface area contributed by atoms with Crippen molar-refractivity contribution in [1.82, 2.24) is 5.32 Å². The summed E-state index contributed by atoms with van der Waals surface area (Å²) >= 11 is 2.07. The Morgan fingerprint density at radius 3 is 2.56 bits per heavy atom. The maximum absolute atomic E-state index is 3.45. The molecule has 0 amide bonds. The minimum absolute atomic E-state index is 0.443. The van der Waals surface area contributed by atoms with E-state index in [1.54, 1.807) is 0 Å². The van der Waals surface area contributed by atoms with Gasteiger partial charge in [0, 0.05) is 23.1 Å². The monoisotopic (exact) mass is 145 g/mol. The maximum atomic E-state index is 3.45. The summed E-state index contributed by atoms with van der Waals surface area (Å²) in [5, 5.41) is 3.45. The Balaban J connectivity index is 2.49. The number of rotatable bonds is 0. The summed E-state index contributed by atoms with van der Waals surface area (Å²) in [6.07, 6.45) is 0. The van der Waals surface area contributed by atoms with Gasteiger partial charge in [0.1, 0.15) is 0 Å². The van der Waals surface area contributed by atoms with Gasteiger partial charge in [-0.15, -0.1) is 0 Å². The van der Waals surface area contributed by atoms with Crippen LogP contribution in [0.4, 0.5) is 0 Å². The van der Waals surface area contributed by atoms with E-state index in [1.807, 2.05) is 0 Å². The Hall–Kier alpha value is 0.310. The lowest BCUT2D eigenvalue weighted by atomic mass is 10.1. The zero-order chi connectivity index (χ0) is 6.91. The van der Waals surface area contributed by atoms with Crippen molar-refractivity contribution in [3.05, 3.63) is 0 Å². The van der Waals surface area contributed by atoms with Gasteiger partial charge in [-0.3, -0.25) is 0 Å². The van der Waals surface area contributed by atoms with Crippen LogP contribution in [0.15, 0.2) is 0 Å².